The molecule has 0 unspecified atom stereocenters. The summed E-state index contributed by atoms with van der Waals surface area (Å²) < 4.78 is 1.55. The van der Waals surface area contributed by atoms with Crippen molar-refractivity contribution in [2.75, 3.05) is 31.1 Å². The molecule has 29 heavy (non-hydrogen) atoms. The molecule has 0 spiro atoms. The third kappa shape index (κ3) is 3.89. The van der Waals surface area contributed by atoms with E-state index in [1.807, 2.05) is 43.0 Å². The number of carbonyl (C=O) groups is 1. The Hall–Kier alpha value is -2.38. The van der Waals surface area contributed by atoms with Gasteiger partial charge in [0.2, 0.25) is 5.91 Å². The van der Waals surface area contributed by atoms with Crippen LogP contribution in [0.2, 0.25) is 5.02 Å². The minimum atomic E-state index is -0.0619. The predicted octanol–water partition coefficient (Wildman–Crippen LogP) is 3.47. The number of rotatable bonds is 4. The van der Waals surface area contributed by atoms with Gasteiger partial charge in [-0.3, -0.25) is 14.2 Å². The van der Waals surface area contributed by atoms with E-state index in [4.69, 9.17) is 11.6 Å². The molecule has 1 aliphatic heterocycles. The fraction of sp³-hybridized carbons (Fsp3) is 0.381. The van der Waals surface area contributed by atoms with Crippen molar-refractivity contribution in [2.45, 2.75) is 26.8 Å². The first-order valence-electron chi connectivity index (χ1n) is 9.68. The van der Waals surface area contributed by atoms with Crippen molar-refractivity contribution in [1.29, 1.82) is 0 Å². The highest BCUT2D eigenvalue weighted by Gasteiger charge is 2.22. The quantitative estimate of drug-likeness (QED) is 0.636. The second kappa shape index (κ2) is 8.16. The van der Waals surface area contributed by atoms with E-state index in [0.29, 0.717) is 31.4 Å². The summed E-state index contributed by atoms with van der Waals surface area (Å²) in [6.45, 7) is 7.09. The Labute approximate surface area is 178 Å². The first kappa shape index (κ1) is 19.9. The van der Waals surface area contributed by atoms with Crippen LogP contribution >= 0.6 is 22.9 Å². The van der Waals surface area contributed by atoms with Crippen LogP contribution in [0.3, 0.4) is 0 Å². The monoisotopic (exact) mass is 430 g/mol. The van der Waals surface area contributed by atoms with Gasteiger partial charge in [-0.1, -0.05) is 23.7 Å². The smallest absolute Gasteiger partial charge is 0.262 e. The molecule has 0 radical (unpaired) electrons. The van der Waals surface area contributed by atoms with Gasteiger partial charge < -0.3 is 9.80 Å². The summed E-state index contributed by atoms with van der Waals surface area (Å²) in [4.78, 5) is 35.8. The molecule has 0 aliphatic carbocycles. The minimum Gasteiger partial charge on any atom is -0.367 e. The number of hydrogen-bond donors (Lipinski definition) is 0. The fourth-order valence-electron chi connectivity index (χ4n) is 3.71. The molecule has 0 saturated carbocycles. The molecule has 3 aromatic rings. The van der Waals surface area contributed by atoms with Crippen LogP contribution in [-0.4, -0.2) is 46.5 Å². The maximum Gasteiger partial charge on any atom is 0.262 e. The lowest BCUT2D eigenvalue weighted by Gasteiger charge is -2.36. The van der Waals surface area contributed by atoms with Crippen molar-refractivity contribution in [3.63, 3.8) is 0 Å². The molecule has 1 saturated heterocycles. The number of nitrogens with zero attached hydrogens (tertiary/aromatic N) is 4. The van der Waals surface area contributed by atoms with Crippen LogP contribution in [0.5, 0.6) is 0 Å². The van der Waals surface area contributed by atoms with E-state index < -0.39 is 0 Å². The number of anilines is 1. The number of amides is 1. The molecule has 0 bridgehead atoms. The molecule has 0 atom stereocenters. The number of thiophene rings is 1. The van der Waals surface area contributed by atoms with Gasteiger partial charge in [0.15, 0.2) is 0 Å². The second-order valence-corrected chi connectivity index (χ2v) is 8.89. The number of fused-ring (bicyclic) bond motifs is 1. The third-order valence-corrected chi connectivity index (χ3v) is 6.98. The van der Waals surface area contributed by atoms with Crippen LogP contribution in [0.15, 0.2) is 35.4 Å². The van der Waals surface area contributed by atoms with Crippen molar-refractivity contribution >= 4 is 44.7 Å². The van der Waals surface area contributed by atoms with Crippen LogP contribution in [-0.2, 0) is 11.3 Å². The van der Waals surface area contributed by atoms with Gasteiger partial charge in [-0.2, -0.15) is 0 Å². The molecule has 1 aliphatic rings. The number of benzene rings is 1. The van der Waals surface area contributed by atoms with Crippen LogP contribution in [0.25, 0.3) is 10.2 Å². The van der Waals surface area contributed by atoms with Gasteiger partial charge in [-0.15, -0.1) is 11.3 Å². The Morgan fingerprint density at radius 3 is 2.62 bits per heavy atom. The topological polar surface area (TPSA) is 58.4 Å². The molecule has 1 fully saturated rings. The standard InChI is InChI=1S/C21H23ClN4O2S/c1-14-15(2)29-20-19(14)21(28)26(13-23-20)8-7-18(27)25-11-9-24(10-12-25)17-6-4-3-5-16(17)22/h3-6,13H,7-12H2,1-2H3. The first-order chi connectivity index (χ1) is 14.0. The van der Waals surface area contributed by atoms with Crippen LogP contribution < -0.4 is 10.5 Å². The highest BCUT2D eigenvalue weighted by molar-refractivity contribution is 7.18. The maximum atomic E-state index is 12.8. The van der Waals surface area contributed by atoms with Gasteiger partial charge in [-0.25, -0.2) is 4.98 Å². The van der Waals surface area contributed by atoms with Crippen LogP contribution in [0.1, 0.15) is 16.9 Å². The summed E-state index contributed by atoms with van der Waals surface area (Å²) in [6.07, 6.45) is 1.85. The van der Waals surface area contributed by atoms with E-state index >= 15 is 0 Å². The van der Waals surface area contributed by atoms with Crippen LogP contribution in [0, 0.1) is 13.8 Å². The highest BCUT2D eigenvalue weighted by atomic mass is 35.5. The van der Waals surface area contributed by atoms with Crippen molar-refractivity contribution in [1.82, 2.24) is 14.5 Å². The molecule has 4 rings (SSSR count). The van der Waals surface area contributed by atoms with Crippen molar-refractivity contribution in [3.05, 3.63) is 56.4 Å². The maximum absolute atomic E-state index is 12.8. The number of aromatic nitrogens is 2. The number of carbonyl (C=O) groups excluding carboxylic acids is 1. The number of para-hydroxylation sites is 1. The molecular weight excluding hydrogens is 408 g/mol. The summed E-state index contributed by atoms with van der Waals surface area (Å²) >= 11 is 7.82. The lowest BCUT2D eigenvalue weighted by atomic mass is 10.2. The average molecular weight is 431 g/mol. The Bertz CT molecular complexity index is 1120. The van der Waals surface area contributed by atoms with E-state index in [2.05, 4.69) is 9.88 Å². The summed E-state index contributed by atoms with van der Waals surface area (Å²) in [5.41, 5.74) is 1.93. The fourth-order valence-corrected chi connectivity index (χ4v) is 4.95. The van der Waals surface area contributed by atoms with E-state index in [-0.39, 0.29) is 11.5 Å². The summed E-state index contributed by atoms with van der Waals surface area (Å²) in [5.74, 6) is 0.0639. The van der Waals surface area contributed by atoms with E-state index in [1.165, 1.54) is 11.3 Å². The van der Waals surface area contributed by atoms with Gasteiger partial charge in [0.05, 0.1) is 22.4 Å². The molecule has 3 heterocycles. The number of piperazine rings is 1. The van der Waals surface area contributed by atoms with Crippen molar-refractivity contribution < 1.29 is 4.79 Å². The van der Waals surface area contributed by atoms with Crippen molar-refractivity contribution in [2.24, 2.45) is 0 Å². The summed E-state index contributed by atoms with van der Waals surface area (Å²) in [7, 11) is 0. The second-order valence-electron chi connectivity index (χ2n) is 7.28. The van der Waals surface area contributed by atoms with Crippen LogP contribution in [0.4, 0.5) is 5.69 Å². The SMILES string of the molecule is Cc1sc2ncn(CCC(=O)N3CCN(c4ccccc4Cl)CC3)c(=O)c2c1C. The number of halogens is 1. The molecule has 152 valence electrons. The molecular formula is C21H23ClN4O2S. The van der Waals surface area contributed by atoms with E-state index in [0.717, 1.165) is 39.1 Å². The summed E-state index contributed by atoms with van der Waals surface area (Å²) in [6, 6.07) is 7.77. The highest BCUT2D eigenvalue weighted by Crippen LogP contribution is 2.27. The molecule has 2 aromatic heterocycles. The number of aryl methyl sites for hydroxylation is 3. The Balaban J connectivity index is 1.38. The van der Waals surface area contributed by atoms with E-state index in [9.17, 15) is 9.59 Å². The Kier molecular flexibility index (Phi) is 5.61. The number of hydrogen-bond acceptors (Lipinski definition) is 5. The van der Waals surface area contributed by atoms with Gasteiger partial charge in [0.25, 0.3) is 5.56 Å². The largest absolute Gasteiger partial charge is 0.367 e. The summed E-state index contributed by atoms with van der Waals surface area (Å²) in [5, 5.41) is 1.41. The van der Waals surface area contributed by atoms with Crippen molar-refractivity contribution in [3.8, 4) is 0 Å². The lowest BCUT2D eigenvalue weighted by molar-refractivity contribution is -0.131. The molecule has 6 nitrogen and oxygen atoms in total. The minimum absolute atomic E-state index is 0.0619. The Morgan fingerprint density at radius 2 is 1.90 bits per heavy atom. The normalized spacial score (nSPS) is 14.6. The Morgan fingerprint density at radius 1 is 1.17 bits per heavy atom. The zero-order chi connectivity index (χ0) is 20.5. The van der Waals surface area contributed by atoms with Gasteiger partial charge in [0, 0.05) is 44.0 Å². The van der Waals surface area contributed by atoms with Gasteiger partial charge in [0.1, 0.15) is 4.83 Å². The van der Waals surface area contributed by atoms with E-state index in [1.54, 1.807) is 10.9 Å². The van der Waals surface area contributed by atoms with Gasteiger partial charge in [-0.05, 0) is 31.5 Å². The predicted molar refractivity (Wildman–Crippen MR) is 118 cm³/mol. The molecule has 0 N–H and O–H groups in total. The molecule has 1 amide bonds. The first-order valence-corrected chi connectivity index (χ1v) is 10.9. The third-order valence-electron chi connectivity index (χ3n) is 5.55. The molecule has 8 heteroatoms. The zero-order valence-corrected chi connectivity index (χ0v) is 18.1. The lowest BCUT2D eigenvalue weighted by Crippen LogP contribution is -2.49. The molecule has 1 aromatic carbocycles. The zero-order valence-electron chi connectivity index (χ0n) is 16.5. The average Bonchev–Trinajstić information content (AvgIpc) is 3.02. The van der Waals surface area contributed by atoms with Gasteiger partial charge >= 0.3 is 0 Å².